The molecule has 0 bridgehead atoms. The number of aryl methyl sites for hydroxylation is 1. The van der Waals surface area contributed by atoms with Crippen LogP contribution in [0.15, 0.2) is 78.9 Å². The fraction of sp³-hybridized carbons (Fsp3) is 0.0870. The van der Waals surface area contributed by atoms with Crippen molar-refractivity contribution in [3.63, 3.8) is 0 Å². The van der Waals surface area contributed by atoms with Gasteiger partial charge in [-0.1, -0.05) is 54.6 Å². The number of anilines is 1. The molecule has 1 aromatic heterocycles. The van der Waals surface area contributed by atoms with Gasteiger partial charge in [0.05, 0.1) is 6.42 Å². The predicted octanol–water partition coefficient (Wildman–Crippen LogP) is 4.63. The van der Waals surface area contributed by atoms with Crippen molar-refractivity contribution in [1.29, 1.82) is 0 Å². The maximum atomic E-state index is 12.4. The summed E-state index contributed by atoms with van der Waals surface area (Å²) in [7, 11) is 0. The van der Waals surface area contributed by atoms with Crippen LogP contribution in [0.3, 0.4) is 0 Å². The largest absolute Gasteiger partial charge is 0.326 e. The van der Waals surface area contributed by atoms with Crippen LogP contribution in [-0.2, 0) is 11.2 Å². The first kappa shape index (κ1) is 17.7. The predicted molar refractivity (Wildman–Crippen MR) is 111 cm³/mol. The van der Waals surface area contributed by atoms with Crippen LogP contribution in [0.25, 0.3) is 22.5 Å². The third-order valence-corrected chi connectivity index (χ3v) is 4.45. The molecule has 1 amide bonds. The van der Waals surface area contributed by atoms with E-state index in [4.69, 9.17) is 0 Å². The molecule has 0 aliphatic carbocycles. The highest BCUT2D eigenvalue weighted by Gasteiger charge is 2.07. The maximum Gasteiger partial charge on any atom is 0.228 e. The molecule has 5 heteroatoms. The summed E-state index contributed by atoms with van der Waals surface area (Å²) in [4.78, 5) is 16.7. The van der Waals surface area contributed by atoms with Crippen LogP contribution in [0.4, 0.5) is 5.69 Å². The molecule has 0 aliphatic rings. The molecule has 28 heavy (non-hydrogen) atoms. The Hall–Kier alpha value is -3.73. The molecular formula is C23H20N4O. The van der Waals surface area contributed by atoms with Crippen LogP contribution in [0.5, 0.6) is 0 Å². The van der Waals surface area contributed by atoms with Crippen LogP contribution in [-0.4, -0.2) is 21.1 Å². The van der Waals surface area contributed by atoms with Gasteiger partial charge in [0.2, 0.25) is 5.91 Å². The van der Waals surface area contributed by atoms with Gasteiger partial charge in [-0.15, -0.1) is 0 Å². The van der Waals surface area contributed by atoms with Crippen molar-refractivity contribution in [1.82, 2.24) is 15.2 Å². The number of carbonyl (C=O) groups is 1. The van der Waals surface area contributed by atoms with Crippen molar-refractivity contribution < 1.29 is 4.79 Å². The molecule has 0 atom stereocenters. The van der Waals surface area contributed by atoms with Gasteiger partial charge < -0.3 is 5.32 Å². The fourth-order valence-electron chi connectivity index (χ4n) is 3.01. The number of benzene rings is 3. The van der Waals surface area contributed by atoms with Gasteiger partial charge >= 0.3 is 0 Å². The Morgan fingerprint density at radius 1 is 0.857 bits per heavy atom. The summed E-state index contributed by atoms with van der Waals surface area (Å²) in [6.45, 7) is 1.86. The Labute approximate surface area is 163 Å². The standard InChI is InChI=1S/C23H20N4O/c1-16-24-23(27-26-16)20-11-13-21(14-12-20)25-22(28)15-17-7-9-19(10-8-17)18-5-3-2-4-6-18/h2-14H,15H2,1H3,(H,25,28)(H,24,26,27). The number of amides is 1. The van der Waals surface area contributed by atoms with Crippen LogP contribution >= 0.6 is 0 Å². The Balaban J connectivity index is 1.37. The van der Waals surface area contributed by atoms with E-state index in [0.29, 0.717) is 12.2 Å². The third kappa shape index (κ3) is 4.15. The maximum absolute atomic E-state index is 12.4. The minimum atomic E-state index is -0.0473. The summed E-state index contributed by atoms with van der Waals surface area (Å²) in [5.41, 5.74) is 4.94. The molecule has 0 saturated carbocycles. The molecule has 2 N–H and O–H groups in total. The normalized spacial score (nSPS) is 10.6. The van der Waals surface area contributed by atoms with Gasteiger partial charge in [0.25, 0.3) is 0 Å². The summed E-state index contributed by atoms with van der Waals surface area (Å²) in [6.07, 6.45) is 0.330. The van der Waals surface area contributed by atoms with Gasteiger partial charge in [-0.2, -0.15) is 5.10 Å². The lowest BCUT2D eigenvalue weighted by atomic mass is 10.0. The van der Waals surface area contributed by atoms with E-state index in [2.05, 4.69) is 32.6 Å². The van der Waals surface area contributed by atoms with Gasteiger partial charge in [0, 0.05) is 11.3 Å². The molecule has 0 aliphatic heterocycles. The molecule has 1 heterocycles. The highest BCUT2D eigenvalue weighted by molar-refractivity contribution is 5.92. The van der Waals surface area contributed by atoms with Crippen molar-refractivity contribution in [2.24, 2.45) is 0 Å². The van der Waals surface area contributed by atoms with E-state index in [1.807, 2.05) is 73.7 Å². The van der Waals surface area contributed by atoms with Crippen molar-refractivity contribution in [2.45, 2.75) is 13.3 Å². The first-order chi connectivity index (χ1) is 13.7. The van der Waals surface area contributed by atoms with Crippen molar-refractivity contribution in [3.05, 3.63) is 90.3 Å². The molecule has 0 spiro atoms. The van der Waals surface area contributed by atoms with Crippen LogP contribution in [0.2, 0.25) is 0 Å². The average Bonchev–Trinajstić information content (AvgIpc) is 3.16. The van der Waals surface area contributed by atoms with E-state index in [0.717, 1.165) is 28.2 Å². The second-order valence-corrected chi connectivity index (χ2v) is 6.61. The molecular weight excluding hydrogens is 348 g/mol. The number of H-pyrrole nitrogens is 1. The molecule has 138 valence electrons. The van der Waals surface area contributed by atoms with E-state index < -0.39 is 0 Å². The zero-order chi connectivity index (χ0) is 19.3. The lowest BCUT2D eigenvalue weighted by molar-refractivity contribution is -0.115. The molecule has 0 radical (unpaired) electrons. The highest BCUT2D eigenvalue weighted by atomic mass is 16.1. The molecule has 0 unspecified atom stereocenters. The quantitative estimate of drug-likeness (QED) is 0.540. The van der Waals surface area contributed by atoms with E-state index in [9.17, 15) is 4.79 Å². The van der Waals surface area contributed by atoms with Gasteiger partial charge in [-0.3, -0.25) is 9.89 Å². The number of nitrogens with one attached hydrogen (secondary N) is 2. The lowest BCUT2D eigenvalue weighted by Gasteiger charge is -2.07. The van der Waals surface area contributed by atoms with Gasteiger partial charge in [-0.05, 0) is 47.9 Å². The van der Waals surface area contributed by atoms with Crippen molar-refractivity contribution in [3.8, 4) is 22.5 Å². The summed E-state index contributed by atoms with van der Waals surface area (Å²) >= 11 is 0. The summed E-state index contributed by atoms with van der Waals surface area (Å²) in [6, 6.07) is 25.8. The minimum Gasteiger partial charge on any atom is -0.326 e. The van der Waals surface area contributed by atoms with Gasteiger partial charge in [-0.25, -0.2) is 4.98 Å². The van der Waals surface area contributed by atoms with Gasteiger partial charge in [0.1, 0.15) is 5.82 Å². The number of carbonyl (C=O) groups excluding carboxylic acids is 1. The second kappa shape index (κ2) is 7.88. The molecule has 4 aromatic rings. The highest BCUT2D eigenvalue weighted by Crippen LogP contribution is 2.20. The topological polar surface area (TPSA) is 70.7 Å². The lowest BCUT2D eigenvalue weighted by Crippen LogP contribution is -2.14. The number of hydrogen-bond acceptors (Lipinski definition) is 3. The third-order valence-electron chi connectivity index (χ3n) is 4.45. The molecule has 0 fully saturated rings. The molecule has 4 rings (SSSR count). The smallest absolute Gasteiger partial charge is 0.228 e. The second-order valence-electron chi connectivity index (χ2n) is 6.61. The molecule has 3 aromatic carbocycles. The number of nitrogens with zero attached hydrogens (tertiary/aromatic N) is 2. The first-order valence-electron chi connectivity index (χ1n) is 9.11. The Morgan fingerprint density at radius 3 is 2.14 bits per heavy atom. The number of aromatic amines is 1. The number of aromatic nitrogens is 3. The Morgan fingerprint density at radius 2 is 1.50 bits per heavy atom. The van der Waals surface area contributed by atoms with Crippen molar-refractivity contribution >= 4 is 11.6 Å². The number of rotatable bonds is 5. The van der Waals surface area contributed by atoms with E-state index in [-0.39, 0.29) is 5.91 Å². The minimum absolute atomic E-state index is 0.0473. The Bertz CT molecular complexity index is 1070. The summed E-state index contributed by atoms with van der Waals surface area (Å²) in [5.74, 6) is 1.37. The monoisotopic (exact) mass is 368 g/mol. The van der Waals surface area contributed by atoms with Crippen LogP contribution in [0.1, 0.15) is 11.4 Å². The summed E-state index contributed by atoms with van der Waals surface area (Å²) < 4.78 is 0. The fourth-order valence-corrected chi connectivity index (χ4v) is 3.01. The van der Waals surface area contributed by atoms with Crippen molar-refractivity contribution in [2.75, 3.05) is 5.32 Å². The Kier molecular flexibility index (Phi) is 4.97. The van der Waals surface area contributed by atoms with Crippen LogP contribution < -0.4 is 5.32 Å². The molecule has 0 saturated heterocycles. The number of hydrogen-bond donors (Lipinski definition) is 2. The van der Waals surface area contributed by atoms with E-state index >= 15 is 0 Å². The average molecular weight is 368 g/mol. The SMILES string of the molecule is Cc1nc(-c2ccc(NC(=O)Cc3ccc(-c4ccccc4)cc3)cc2)n[nH]1. The molecule has 5 nitrogen and oxygen atoms in total. The van der Waals surface area contributed by atoms with Crippen LogP contribution in [0, 0.1) is 6.92 Å². The van der Waals surface area contributed by atoms with E-state index in [1.54, 1.807) is 0 Å². The first-order valence-corrected chi connectivity index (χ1v) is 9.11. The zero-order valence-electron chi connectivity index (χ0n) is 15.5. The zero-order valence-corrected chi connectivity index (χ0v) is 15.5. The summed E-state index contributed by atoms with van der Waals surface area (Å²) in [5, 5.41) is 9.90. The van der Waals surface area contributed by atoms with Gasteiger partial charge in [0.15, 0.2) is 5.82 Å². The van der Waals surface area contributed by atoms with E-state index in [1.165, 1.54) is 5.56 Å².